The monoisotopic (exact) mass is 195 g/mol. The lowest BCUT2D eigenvalue weighted by Crippen LogP contribution is -2.18. The molecule has 1 amide bonds. The summed E-state index contributed by atoms with van der Waals surface area (Å²) in [5, 5.41) is 10.9. The molecule has 0 aromatic heterocycles. The second-order valence-corrected chi connectivity index (χ2v) is 2.53. The minimum atomic E-state index is -0.945. The second-order valence-electron chi connectivity index (χ2n) is 2.53. The largest absolute Gasteiger partial charge is 0.481 e. The van der Waals surface area contributed by atoms with E-state index in [1.165, 1.54) is 19.1 Å². The van der Waals surface area contributed by atoms with E-state index in [1.807, 2.05) is 0 Å². The maximum absolute atomic E-state index is 10.7. The molecule has 2 N–H and O–H groups in total. The van der Waals surface area contributed by atoms with Gasteiger partial charge in [0.15, 0.2) is 0 Å². The molecule has 0 aliphatic heterocycles. The highest BCUT2D eigenvalue weighted by atomic mass is 16.4. The van der Waals surface area contributed by atoms with Gasteiger partial charge in [0.1, 0.15) is 0 Å². The van der Waals surface area contributed by atoms with Crippen molar-refractivity contribution in [2.75, 3.05) is 0 Å². The number of carboxylic acids is 1. The van der Waals surface area contributed by atoms with Gasteiger partial charge in [-0.1, -0.05) is 18.7 Å². The van der Waals surface area contributed by atoms with Gasteiger partial charge in [0, 0.05) is 12.6 Å². The molecule has 0 heterocycles. The van der Waals surface area contributed by atoms with Gasteiger partial charge in [-0.2, -0.15) is 0 Å². The van der Waals surface area contributed by atoms with E-state index in [9.17, 15) is 9.59 Å². The van der Waals surface area contributed by atoms with Crippen molar-refractivity contribution in [3.63, 3.8) is 0 Å². The number of allylic oxidation sites excluding steroid dienone is 3. The molecular formula is C10H13NO3. The number of nitrogens with one attached hydrogen (secondary N) is 1. The minimum Gasteiger partial charge on any atom is -0.481 e. The average molecular weight is 195 g/mol. The predicted molar refractivity (Wildman–Crippen MR) is 53.5 cm³/mol. The molecule has 0 radical (unpaired) electrons. The van der Waals surface area contributed by atoms with E-state index in [4.69, 9.17) is 5.11 Å². The van der Waals surface area contributed by atoms with Crippen molar-refractivity contribution >= 4 is 11.9 Å². The summed E-state index contributed by atoms with van der Waals surface area (Å²) >= 11 is 0. The number of rotatable bonds is 5. The van der Waals surface area contributed by atoms with Gasteiger partial charge in [0.2, 0.25) is 5.91 Å². The molecule has 0 saturated heterocycles. The highest BCUT2D eigenvalue weighted by Crippen LogP contribution is 1.95. The molecule has 4 heteroatoms. The fourth-order valence-corrected chi connectivity index (χ4v) is 0.733. The molecule has 0 bridgehead atoms. The Bertz CT molecular complexity index is 290. The third-order valence-electron chi connectivity index (χ3n) is 1.23. The smallest absolute Gasteiger partial charge is 0.307 e. The fraction of sp³-hybridized carbons (Fsp3) is 0.200. The molecule has 0 unspecified atom stereocenters. The first-order valence-corrected chi connectivity index (χ1v) is 4.05. The van der Waals surface area contributed by atoms with E-state index in [1.54, 1.807) is 12.2 Å². The first kappa shape index (κ1) is 12.2. The van der Waals surface area contributed by atoms with E-state index >= 15 is 0 Å². The van der Waals surface area contributed by atoms with E-state index < -0.39 is 5.97 Å². The van der Waals surface area contributed by atoms with Gasteiger partial charge >= 0.3 is 5.97 Å². The Labute approximate surface area is 82.6 Å². The van der Waals surface area contributed by atoms with E-state index in [0.29, 0.717) is 5.70 Å². The van der Waals surface area contributed by atoms with Gasteiger partial charge < -0.3 is 10.4 Å². The SMILES string of the molecule is C=C/C=C\C(=C/CC(=O)O)NC(C)=O. The number of carbonyl (C=O) groups excluding carboxylic acids is 1. The zero-order chi connectivity index (χ0) is 11.0. The molecule has 0 atom stereocenters. The zero-order valence-electron chi connectivity index (χ0n) is 7.99. The van der Waals surface area contributed by atoms with Crippen molar-refractivity contribution in [2.45, 2.75) is 13.3 Å². The van der Waals surface area contributed by atoms with Crippen molar-refractivity contribution in [1.29, 1.82) is 0 Å². The Hall–Kier alpha value is -1.84. The summed E-state index contributed by atoms with van der Waals surface area (Å²) in [5.74, 6) is -1.18. The van der Waals surface area contributed by atoms with Crippen LogP contribution in [0.2, 0.25) is 0 Å². The number of hydrogen-bond acceptors (Lipinski definition) is 2. The van der Waals surface area contributed by atoms with Gasteiger partial charge in [-0.15, -0.1) is 0 Å². The Morgan fingerprint density at radius 1 is 1.50 bits per heavy atom. The maximum atomic E-state index is 10.7. The lowest BCUT2D eigenvalue weighted by Gasteiger charge is -2.01. The van der Waals surface area contributed by atoms with E-state index in [0.717, 1.165) is 0 Å². The quantitative estimate of drug-likeness (QED) is 0.648. The topological polar surface area (TPSA) is 66.4 Å². The van der Waals surface area contributed by atoms with Crippen LogP contribution in [0.15, 0.2) is 36.6 Å². The van der Waals surface area contributed by atoms with Gasteiger partial charge in [-0.3, -0.25) is 9.59 Å². The summed E-state index contributed by atoms with van der Waals surface area (Å²) in [6.45, 7) is 4.82. The van der Waals surface area contributed by atoms with E-state index in [2.05, 4.69) is 11.9 Å². The summed E-state index contributed by atoms with van der Waals surface area (Å²) in [4.78, 5) is 21.0. The van der Waals surface area contributed by atoms with Gasteiger partial charge in [-0.05, 0) is 12.2 Å². The highest BCUT2D eigenvalue weighted by molar-refractivity contribution is 5.76. The molecule has 0 aromatic rings. The number of amides is 1. The summed E-state index contributed by atoms with van der Waals surface area (Å²) in [6.07, 6.45) is 6.03. The van der Waals surface area contributed by atoms with Crippen LogP contribution in [-0.2, 0) is 9.59 Å². The molecule has 0 saturated carbocycles. The van der Waals surface area contributed by atoms with Crippen LogP contribution in [0.25, 0.3) is 0 Å². The molecule has 76 valence electrons. The highest BCUT2D eigenvalue weighted by Gasteiger charge is 1.97. The lowest BCUT2D eigenvalue weighted by molar-refractivity contribution is -0.136. The fourth-order valence-electron chi connectivity index (χ4n) is 0.733. The van der Waals surface area contributed by atoms with Gasteiger partial charge in [0.05, 0.1) is 6.42 Å². The van der Waals surface area contributed by atoms with Crippen molar-refractivity contribution in [3.05, 3.63) is 36.6 Å². The summed E-state index contributed by atoms with van der Waals surface area (Å²) in [7, 11) is 0. The Balaban J connectivity index is 4.44. The number of hydrogen-bond donors (Lipinski definition) is 2. The normalized spacial score (nSPS) is 11.4. The molecular weight excluding hydrogens is 182 g/mol. The molecule has 0 aliphatic rings. The van der Waals surface area contributed by atoms with Crippen LogP contribution in [-0.4, -0.2) is 17.0 Å². The van der Waals surface area contributed by atoms with Crippen LogP contribution in [0.4, 0.5) is 0 Å². The minimum absolute atomic E-state index is 0.128. The third kappa shape index (κ3) is 6.84. The predicted octanol–water partition coefficient (Wildman–Crippen LogP) is 1.22. The lowest BCUT2D eigenvalue weighted by atomic mass is 10.3. The molecule has 0 fully saturated rings. The van der Waals surface area contributed by atoms with Crippen LogP contribution >= 0.6 is 0 Å². The van der Waals surface area contributed by atoms with Crippen LogP contribution in [0, 0.1) is 0 Å². The Kier molecular flexibility index (Phi) is 5.78. The average Bonchev–Trinajstić information content (AvgIpc) is 2.09. The van der Waals surface area contributed by atoms with Crippen molar-refractivity contribution in [3.8, 4) is 0 Å². The first-order valence-electron chi connectivity index (χ1n) is 4.05. The summed E-state index contributed by atoms with van der Waals surface area (Å²) in [6, 6.07) is 0. The Morgan fingerprint density at radius 2 is 2.14 bits per heavy atom. The molecule has 0 aliphatic carbocycles. The Morgan fingerprint density at radius 3 is 2.57 bits per heavy atom. The van der Waals surface area contributed by atoms with Crippen LogP contribution in [0.1, 0.15) is 13.3 Å². The van der Waals surface area contributed by atoms with Crippen LogP contribution in [0.3, 0.4) is 0 Å². The van der Waals surface area contributed by atoms with Crippen LogP contribution < -0.4 is 5.32 Å². The molecule has 4 nitrogen and oxygen atoms in total. The number of carbonyl (C=O) groups is 2. The molecule has 0 rings (SSSR count). The van der Waals surface area contributed by atoms with Crippen molar-refractivity contribution in [1.82, 2.24) is 5.32 Å². The maximum Gasteiger partial charge on any atom is 0.307 e. The molecule has 0 aromatic carbocycles. The second kappa shape index (κ2) is 6.65. The number of aliphatic carboxylic acids is 1. The summed E-state index contributed by atoms with van der Waals surface area (Å²) in [5.41, 5.74) is 0.458. The van der Waals surface area contributed by atoms with Gasteiger partial charge in [-0.25, -0.2) is 0 Å². The van der Waals surface area contributed by atoms with E-state index in [-0.39, 0.29) is 12.3 Å². The third-order valence-corrected chi connectivity index (χ3v) is 1.23. The van der Waals surface area contributed by atoms with Gasteiger partial charge in [0.25, 0.3) is 0 Å². The van der Waals surface area contributed by atoms with Crippen LogP contribution in [0.5, 0.6) is 0 Å². The molecule has 14 heavy (non-hydrogen) atoms. The first-order chi connectivity index (χ1) is 6.56. The van der Waals surface area contributed by atoms with Crippen molar-refractivity contribution in [2.24, 2.45) is 0 Å². The summed E-state index contributed by atoms with van der Waals surface area (Å²) < 4.78 is 0. The molecule has 0 spiro atoms. The zero-order valence-corrected chi connectivity index (χ0v) is 7.99. The number of carboxylic acid groups (broad SMARTS) is 1. The van der Waals surface area contributed by atoms with Crippen molar-refractivity contribution < 1.29 is 14.7 Å². The standard InChI is InChI=1S/C10H13NO3/c1-3-4-5-9(11-8(2)12)6-7-10(13)14/h3-6H,1,7H2,2H3,(H,11,12)(H,13,14)/b5-4-,9-6+.